The van der Waals surface area contributed by atoms with Crippen molar-refractivity contribution in [3.63, 3.8) is 0 Å². The summed E-state index contributed by atoms with van der Waals surface area (Å²) in [6.07, 6.45) is 3.81. The van der Waals surface area contributed by atoms with Crippen LogP contribution in [0, 0.1) is 5.92 Å². The van der Waals surface area contributed by atoms with Crippen LogP contribution in [0.25, 0.3) is 0 Å². The molecule has 0 amide bonds. The SMILES string of the molecule is CCCC1CC1Nc1cc(Cl)nc(C(C)C)n1. The number of hydrogen-bond acceptors (Lipinski definition) is 3. The maximum Gasteiger partial charge on any atom is 0.135 e. The molecule has 0 radical (unpaired) electrons. The largest absolute Gasteiger partial charge is 0.367 e. The van der Waals surface area contributed by atoms with E-state index in [0.717, 1.165) is 17.6 Å². The number of halogens is 1. The highest BCUT2D eigenvalue weighted by Gasteiger charge is 2.36. The topological polar surface area (TPSA) is 37.8 Å². The molecule has 2 atom stereocenters. The summed E-state index contributed by atoms with van der Waals surface area (Å²) in [6, 6.07) is 2.40. The van der Waals surface area contributed by atoms with Crippen LogP contribution in [-0.4, -0.2) is 16.0 Å². The van der Waals surface area contributed by atoms with Crippen molar-refractivity contribution in [1.29, 1.82) is 0 Å². The number of rotatable bonds is 5. The van der Waals surface area contributed by atoms with Gasteiger partial charge >= 0.3 is 0 Å². The van der Waals surface area contributed by atoms with Crippen molar-refractivity contribution in [2.24, 2.45) is 5.92 Å². The zero-order chi connectivity index (χ0) is 12.4. The molecular weight excluding hydrogens is 234 g/mol. The first-order valence-electron chi connectivity index (χ1n) is 6.41. The van der Waals surface area contributed by atoms with Gasteiger partial charge in [0, 0.05) is 18.0 Å². The van der Waals surface area contributed by atoms with Crippen LogP contribution in [0.15, 0.2) is 6.07 Å². The van der Waals surface area contributed by atoms with Crippen molar-refractivity contribution >= 4 is 17.4 Å². The molecule has 1 aliphatic carbocycles. The van der Waals surface area contributed by atoms with Gasteiger partial charge in [0.05, 0.1) is 0 Å². The zero-order valence-electron chi connectivity index (χ0n) is 10.7. The molecule has 1 saturated carbocycles. The molecule has 0 aliphatic heterocycles. The van der Waals surface area contributed by atoms with Gasteiger partial charge in [-0.2, -0.15) is 0 Å². The molecule has 4 heteroatoms. The van der Waals surface area contributed by atoms with Crippen LogP contribution in [0.4, 0.5) is 5.82 Å². The Labute approximate surface area is 108 Å². The molecule has 3 nitrogen and oxygen atoms in total. The maximum atomic E-state index is 6.00. The lowest BCUT2D eigenvalue weighted by atomic mass is 10.2. The van der Waals surface area contributed by atoms with Crippen LogP contribution in [0.1, 0.15) is 51.8 Å². The van der Waals surface area contributed by atoms with Crippen molar-refractivity contribution in [3.8, 4) is 0 Å². The maximum absolute atomic E-state index is 6.00. The number of aromatic nitrogens is 2. The van der Waals surface area contributed by atoms with Gasteiger partial charge in [0.15, 0.2) is 0 Å². The van der Waals surface area contributed by atoms with Crippen molar-refractivity contribution in [2.75, 3.05) is 5.32 Å². The van der Waals surface area contributed by atoms with Gasteiger partial charge in [0.1, 0.15) is 16.8 Å². The molecule has 0 saturated heterocycles. The summed E-state index contributed by atoms with van der Waals surface area (Å²) in [6.45, 7) is 6.38. The Morgan fingerprint density at radius 2 is 2.24 bits per heavy atom. The van der Waals surface area contributed by atoms with E-state index in [1.807, 2.05) is 6.07 Å². The fourth-order valence-electron chi connectivity index (χ4n) is 2.07. The zero-order valence-corrected chi connectivity index (χ0v) is 11.5. The molecule has 2 unspecified atom stereocenters. The van der Waals surface area contributed by atoms with Gasteiger partial charge in [-0.15, -0.1) is 0 Å². The second-order valence-corrected chi connectivity index (χ2v) is 5.51. The van der Waals surface area contributed by atoms with Crippen molar-refractivity contribution in [1.82, 2.24) is 9.97 Å². The summed E-state index contributed by atoms with van der Waals surface area (Å²) in [4.78, 5) is 8.73. The predicted molar refractivity (Wildman–Crippen MR) is 71.6 cm³/mol. The van der Waals surface area contributed by atoms with Crippen LogP contribution in [0.5, 0.6) is 0 Å². The highest BCUT2D eigenvalue weighted by molar-refractivity contribution is 6.29. The molecule has 17 heavy (non-hydrogen) atoms. The van der Waals surface area contributed by atoms with E-state index < -0.39 is 0 Å². The van der Waals surface area contributed by atoms with Crippen LogP contribution < -0.4 is 5.32 Å². The minimum atomic E-state index is 0.305. The number of nitrogens with one attached hydrogen (secondary N) is 1. The van der Waals surface area contributed by atoms with Gasteiger partial charge in [-0.3, -0.25) is 0 Å². The number of hydrogen-bond donors (Lipinski definition) is 1. The summed E-state index contributed by atoms with van der Waals surface area (Å²) < 4.78 is 0. The quantitative estimate of drug-likeness (QED) is 0.810. The molecule has 94 valence electrons. The van der Waals surface area contributed by atoms with Crippen molar-refractivity contribution in [2.45, 2.75) is 52.0 Å². The van der Waals surface area contributed by atoms with E-state index in [1.54, 1.807) is 0 Å². The van der Waals surface area contributed by atoms with Gasteiger partial charge in [-0.1, -0.05) is 38.8 Å². The summed E-state index contributed by atoms with van der Waals surface area (Å²) in [5.41, 5.74) is 0. The third-order valence-electron chi connectivity index (χ3n) is 3.14. The molecule has 1 fully saturated rings. The van der Waals surface area contributed by atoms with E-state index >= 15 is 0 Å². The molecule has 1 N–H and O–H groups in total. The highest BCUT2D eigenvalue weighted by atomic mass is 35.5. The van der Waals surface area contributed by atoms with Gasteiger partial charge in [-0.05, 0) is 18.8 Å². The summed E-state index contributed by atoms with van der Waals surface area (Å²) >= 11 is 6.00. The molecule has 0 bridgehead atoms. The van der Waals surface area contributed by atoms with Crippen molar-refractivity contribution < 1.29 is 0 Å². The minimum Gasteiger partial charge on any atom is -0.367 e. The Kier molecular flexibility index (Phi) is 3.87. The van der Waals surface area contributed by atoms with Crippen LogP contribution in [0.2, 0.25) is 5.15 Å². The molecule has 1 heterocycles. The Morgan fingerprint density at radius 1 is 1.47 bits per heavy atom. The van der Waals surface area contributed by atoms with E-state index in [0.29, 0.717) is 17.1 Å². The molecular formula is C13H20ClN3. The lowest BCUT2D eigenvalue weighted by Gasteiger charge is -2.09. The molecule has 0 spiro atoms. The lowest BCUT2D eigenvalue weighted by molar-refractivity contribution is 0.691. The van der Waals surface area contributed by atoms with E-state index in [1.165, 1.54) is 19.3 Å². The van der Waals surface area contributed by atoms with Gasteiger partial charge in [0.2, 0.25) is 0 Å². The van der Waals surface area contributed by atoms with Crippen LogP contribution in [-0.2, 0) is 0 Å². The van der Waals surface area contributed by atoms with Crippen LogP contribution in [0.3, 0.4) is 0 Å². The van der Waals surface area contributed by atoms with E-state index in [4.69, 9.17) is 11.6 Å². The summed E-state index contributed by atoms with van der Waals surface area (Å²) in [7, 11) is 0. The van der Waals surface area contributed by atoms with Crippen molar-refractivity contribution in [3.05, 3.63) is 17.0 Å². The lowest BCUT2D eigenvalue weighted by Crippen LogP contribution is -2.09. The molecule has 1 aliphatic rings. The molecule has 1 aromatic rings. The molecule has 1 aromatic heterocycles. The van der Waals surface area contributed by atoms with E-state index in [-0.39, 0.29) is 0 Å². The van der Waals surface area contributed by atoms with E-state index in [9.17, 15) is 0 Å². The average molecular weight is 254 g/mol. The second-order valence-electron chi connectivity index (χ2n) is 5.12. The molecule has 2 rings (SSSR count). The van der Waals surface area contributed by atoms with Gasteiger partial charge in [-0.25, -0.2) is 9.97 Å². The van der Waals surface area contributed by atoms with Crippen LogP contribution >= 0.6 is 11.6 Å². The Hall–Kier alpha value is -0.830. The number of nitrogens with zero attached hydrogens (tertiary/aromatic N) is 2. The fourth-order valence-corrected chi connectivity index (χ4v) is 2.26. The monoisotopic (exact) mass is 253 g/mol. The fraction of sp³-hybridized carbons (Fsp3) is 0.692. The third-order valence-corrected chi connectivity index (χ3v) is 3.34. The summed E-state index contributed by atoms with van der Waals surface area (Å²) in [5, 5.41) is 3.98. The Balaban J connectivity index is 2.01. The third kappa shape index (κ3) is 3.32. The Morgan fingerprint density at radius 3 is 2.88 bits per heavy atom. The summed E-state index contributed by atoms with van der Waals surface area (Å²) in [5.74, 6) is 2.81. The minimum absolute atomic E-state index is 0.305. The number of anilines is 1. The average Bonchev–Trinajstić information content (AvgIpc) is 2.96. The normalized spacial score (nSPS) is 22.9. The standard InChI is InChI=1S/C13H20ClN3/c1-4-5-9-6-10(9)15-12-7-11(14)16-13(17-12)8(2)3/h7-10H,4-6H2,1-3H3,(H,15,16,17). The van der Waals surface area contributed by atoms with E-state index in [2.05, 4.69) is 36.1 Å². The Bertz CT molecular complexity index is 392. The second kappa shape index (κ2) is 5.21. The molecule has 0 aromatic carbocycles. The smallest absolute Gasteiger partial charge is 0.135 e. The predicted octanol–water partition coefficient (Wildman–Crippen LogP) is 3.85. The first-order valence-corrected chi connectivity index (χ1v) is 6.79. The van der Waals surface area contributed by atoms with Gasteiger partial charge in [0.25, 0.3) is 0 Å². The first kappa shape index (κ1) is 12.6. The highest BCUT2D eigenvalue weighted by Crippen LogP contribution is 2.37. The van der Waals surface area contributed by atoms with Gasteiger partial charge < -0.3 is 5.32 Å². The first-order chi connectivity index (χ1) is 8.10.